The van der Waals surface area contributed by atoms with Gasteiger partial charge in [-0.15, -0.1) is 0 Å². The monoisotopic (exact) mass is 534 g/mol. The molecule has 3 N–H and O–H groups in total. The highest BCUT2D eigenvalue weighted by Crippen LogP contribution is 2.42. The van der Waals surface area contributed by atoms with Gasteiger partial charge in [-0.3, -0.25) is 9.59 Å². The van der Waals surface area contributed by atoms with Crippen LogP contribution in [0, 0.1) is 0 Å². The fourth-order valence-corrected chi connectivity index (χ4v) is 4.95. The molecule has 3 aromatic carbocycles. The van der Waals surface area contributed by atoms with E-state index in [1.165, 1.54) is 0 Å². The lowest BCUT2D eigenvalue weighted by Crippen LogP contribution is -2.47. The van der Waals surface area contributed by atoms with E-state index in [1.807, 2.05) is 43.3 Å². The molecule has 0 fully saturated rings. The minimum Gasteiger partial charge on any atom is -0.494 e. The number of nitrogens with zero attached hydrogens (tertiary/aromatic N) is 2. The molecule has 198 valence electrons. The molecule has 8 nitrogen and oxygen atoms in total. The normalized spacial score (nSPS) is 16.3. The summed E-state index contributed by atoms with van der Waals surface area (Å²) in [6.07, 6.45) is 1.19. The quantitative estimate of drug-likeness (QED) is 0.382. The molecule has 2 atom stereocenters. The molecule has 0 unspecified atom stereocenters. The van der Waals surface area contributed by atoms with Crippen LogP contribution in [0.1, 0.15) is 48.7 Å². The number of urea groups is 1. The molecular weight excluding hydrogens is 504 g/mol. The minimum atomic E-state index is -0.563. The van der Waals surface area contributed by atoms with Crippen LogP contribution in [-0.4, -0.2) is 37.0 Å². The lowest BCUT2D eigenvalue weighted by Gasteiger charge is -2.43. The van der Waals surface area contributed by atoms with Crippen LogP contribution < -0.4 is 25.6 Å². The highest BCUT2D eigenvalue weighted by molar-refractivity contribution is 6.30. The molecule has 1 aliphatic heterocycles. The summed E-state index contributed by atoms with van der Waals surface area (Å²) in [6.45, 7) is 4.39. The van der Waals surface area contributed by atoms with Gasteiger partial charge in [-0.05, 0) is 79.9 Å². The zero-order valence-corrected chi connectivity index (χ0v) is 22.1. The van der Waals surface area contributed by atoms with Crippen LogP contribution in [0.4, 0.5) is 16.2 Å². The van der Waals surface area contributed by atoms with E-state index >= 15 is 0 Å². The molecule has 38 heavy (non-hydrogen) atoms. The number of primary amides is 1. The third kappa shape index (κ3) is 6.08. The number of halogens is 1. The van der Waals surface area contributed by atoms with Crippen molar-refractivity contribution < 1.29 is 19.1 Å². The molecule has 4 amide bonds. The van der Waals surface area contributed by atoms with Crippen LogP contribution in [0.15, 0.2) is 72.8 Å². The first-order valence-electron chi connectivity index (χ1n) is 12.5. The largest absolute Gasteiger partial charge is 0.494 e. The highest BCUT2D eigenvalue weighted by atomic mass is 35.5. The van der Waals surface area contributed by atoms with Gasteiger partial charge in [-0.1, -0.05) is 29.8 Å². The molecule has 9 heteroatoms. The molecule has 4 rings (SSSR count). The molecule has 0 aromatic heterocycles. The Morgan fingerprint density at radius 3 is 2.39 bits per heavy atom. The van der Waals surface area contributed by atoms with Crippen molar-refractivity contribution in [3.8, 4) is 5.75 Å². The Balaban J connectivity index is 1.55. The lowest BCUT2D eigenvalue weighted by atomic mass is 9.89. The molecule has 0 spiro atoms. The zero-order chi connectivity index (χ0) is 27.2. The van der Waals surface area contributed by atoms with Crippen molar-refractivity contribution in [1.29, 1.82) is 0 Å². The van der Waals surface area contributed by atoms with Crippen molar-refractivity contribution in [2.24, 2.45) is 5.73 Å². The second-order valence-corrected chi connectivity index (χ2v) is 9.65. The second kappa shape index (κ2) is 12.0. The number of nitrogens with one attached hydrogen (secondary N) is 1. The number of amides is 4. The third-order valence-corrected chi connectivity index (χ3v) is 6.78. The van der Waals surface area contributed by atoms with Gasteiger partial charge in [0.15, 0.2) is 0 Å². The summed E-state index contributed by atoms with van der Waals surface area (Å²) in [4.78, 5) is 40.8. The Hall–Kier alpha value is -4.04. The molecule has 0 aliphatic carbocycles. The number of carbonyl (C=O) groups excluding carboxylic acids is 3. The number of hydrogen-bond acceptors (Lipinski definition) is 4. The van der Waals surface area contributed by atoms with E-state index in [2.05, 4.69) is 5.32 Å². The van der Waals surface area contributed by atoms with E-state index in [1.54, 1.807) is 53.1 Å². The summed E-state index contributed by atoms with van der Waals surface area (Å²) in [6, 6.07) is 21.0. The Morgan fingerprint density at radius 2 is 1.74 bits per heavy atom. The van der Waals surface area contributed by atoms with Gasteiger partial charge in [0.05, 0.1) is 12.6 Å². The molecule has 0 radical (unpaired) electrons. The fraction of sp³-hybridized carbons (Fsp3) is 0.276. The van der Waals surface area contributed by atoms with Crippen molar-refractivity contribution in [3.05, 3.63) is 88.9 Å². The van der Waals surface area contributed by atoms with Crippen molar-refractivity contribution >= 4 is 40.8 Å². The third-order valence-electron chi connectivity index (χ3n) is 6.53. The molecule has 0 bridgehead atoms. The van der Waals surface area contributed by atoms with Gasteiger partial charge < -0.3 is 25.6 Å². The summed E-state index contributed by atoms with van der Waals surface area (Å²) >= 11 is 6.08. The predicted octanol–water partition coefficient (Wildman–Crippen LogP) is 5.31. The number of fused-ring (bicyclic) bond motifs is 1. The van der Waals surface area contributed by atoms with Crippen molar-refractivity contribution in [2.45, 2.75) is 38.8 Å². The first-order chi connectivity index (χ1) is 18.3. The maximum absolute atomic E-state index is 13.7. The number of ether oxygens (including phenoxy) is 1. The van der Waals surface area contributed by atoms with Crippen LogP contribution in [0.5, 0.6) is 5.75 Å². The Bertz CT molecular complexity index is 1300. The van der Waals surface area contributed by atoms with E-state index in [0.29, 0.717) is 42.3 Å². The fourth-order valence-electron chi connectivity index (χ4n) is 4.83. The molecule has 1 heterocycles. The molecule has 0 saturated heterocycles. The van der Waals surface area contributed by atoms with E-state index < -0.39 is 6.03 Å². The van der Waals surface area contributed by atoms with E-state index in [0.717, 1.165) is 16.9 Å². The van der Waals surface area contributed by atoms with Crippen LogP contribution in [0.25, 0.3) is 0 Å². The topological polar surface area (TPSA) is 105 Å². The lowest BCUT2D eigenvalue weighted by molar-refractivity contribution is -0.117. The smallest absolute Gasteiger partial charge is 0.312 e. The first kappa shape index (κ1) is 27.0. The molecule has 3 aromatic rings. The Morgan fingerprint density at radius 1 is 1.05 bits per heavy atom. The van der Waals surface area contributed by atoms with Gasteiger partial charge in [-0.2, -0.15) is 0 Å². The van der Waals surface area contributed by atoms with Gasteiger partial charge >= 0.3 is 6.03 Å². The van der Waals surface area contributed by atoms with Crippen molar-refractivity contribution in [3.63, 3.8) is 0 Å². The standard InChI is InChI=1S/C29H31ClN4O4/c1-19-18-27(34(20(2)35)23-12-10-22(30)11-13-23)25-6-3-4-7-26(25)33(19)28(36)21-8-14-24(15-9-21)38-17-5-16-32-29(31)37/h3-4,6-15,19,27H,5,16-18H2,1-2H3,(H3,31,32,37)/t19-,27+/m0/s1. The molecular formula is C29H31ClN4O4. The van der Waals surface area contributed by atoms with Gasteiger partial charge in [0.1, 0.15) is 5.75 Å². The summed E-state index contributed by atoms with van der Waals surface area (Å²) in [5.41, 5.74) is 8.04. The number of carbonyl (C=O) groups is 3. The Kier molecular flexibility index (Phi) is 8.53. The van der Waals surface area contributed by atoms with Crippen LogP contribution >= 0.6 is 11.6 Å². The van der Waals surface area contributed by atoms with Gasteiger partial charge in [-0.25, -0.2) is 4.79 Å². The average molecular weight is 535 g/mol. The number of anilines is 2. The van der Waals surface area contributed by atoms with Gasteiger partial charge in [0.25, 0.3) is 5.91 Å². The zero-order valence-electron chi connectivity index (χ0n) is 21.4. The van der Waals surface area contributed by atoms with Gasteiger partial charge in [0, 0.05) is 41.5 Å². The Labute approximate surface area is 227 Å². The summed E-state index contributed by atoms with van der Waals surface area (Å²) < 4.78 is 5.69. The first-order valence-corrected chi connectivity index (χ1v) is 12.9. The van der Waals surface area contributed by atoms with Crippen LogP contribution in [0.3, 0.4) is 0 Å². The molecule has 0 saturated carbocycles. The summed E-state index contributed by atoms with van der Waals surface area (Å²) in [5.74, 6) is 0.425. The predicted molar refractivity (Wildman–Crippen MR) is 149 cm³/mol. The summed E-state index contributed by atoms with van der Waals surface area (Å²) in [5, 5.41) is 3.11. The molecule has 1 aliphatic rings. The van der Waals surface area contributed by atoms with Gasteiger partial charge in [0.2, 0.25) is 5.91 Å². The maximum Gasteiger partial charge on any atom is 0.312 e. The number of para-hydroxylation sites is 1. The average Bonchev–Trinajstić information content (AvgIpc) is 2.89. The maximum atomic E-state index is 13.7. The van der Waals surface area contributed by atoms with E-state index in [-0.39, 0.29) is 23.9 Å². The number of rotatable bonds is 8. The van der Waals surface area contributed by atoms with Crippen LogP contribution in [-0.2, 0) is 4.79 Å². The number of benzene rings is 3. The SMILES string of the molecule is CC(=O)N(c1ccc(Cl)cc1)[C@@H]1C[C@H](C)N(C(=O)c2ccc(OCCCNC(N)=O)cc2)c2ccccc21. The second-order valence-electron chi connectivity index (χ2n) is 9.22. The summed E-state index contributed by atoms with van der Waals surface area (Å²) in [7, 11) is 0. The van der Waals surface area contributed by atoms with Crippen LogP contribution in [0.2, 0.25) is 5.02 Å². The number of nitrogens with two attached hydrogens (primary N) is 1. The highest BCUT2D eigenvalue weighted by Gasteiger charge is 2.38. The number of hydrogen-bond donors (Lipinski definition) is 2. The van der Waals surface area contributed by atoms with E-state index in [4.69, 9.17) is 22.1 Å². The van der Waals surface area contributed by atoms with Crippen molar-refractivity contribution in [1.82, 2.24) is 5.32 Å². The minimum absolute atomic E-state index is 0.0832. The van der Waals surface area contributed by atoms with E-state index in [9.17, 15) is 14.4 Å². The van der Waals surface area contributed by atoms with Crippen molar-refractivity contribution in [2.75, 3.05) is 23.0 Å².